The van der Waals surface area contributed by atoms with Gasteiger partial charge in [0.1, 0.15) is 0 Å². The number of anilines is 1. The third-order valence-electron chi connectivity index (χ3n) is 4.17. The zero-order valence-electron chi connectivity index (χ0n) is 15.8. The van der Waals surface area contributed by atoms with E-state index in [2.05, 4.69) is 20.5 Å². The average molecular weight is 491 g/mol. The van der Waals surface area contributed by atoms with Crippen LogP contribution < -0.4 is 5.32 Å². The van der Waals surface area contributed by atoms with Gasteiger partial charge in [-0.1, -0.05) is 46.6 Å². The number of benzene rings is 2. The van der Waals surface area contributed by atoms with E-state index >= 15 is 0 Å². The summed E-state index contributed by atoms with van der Waals surface area (Å²) >= 11 is 19.4. The summed E-state index contributed by atoms with van der Waals surface area (Å²) in [5.74, 6) is 0.459. The van der Waals surface area contributed by atoms with Gasteiger partial charge in [-0.15, -0.1) is 10.2 Å². The van der Waals surface area contributed by atoms with Gasteiger partial charge in [0.05, 0.1) is 16.5 Å². The Hall–Kier alpha value is -2.58. The molecule has 4 rings (SSSR count). The summed E-state index contributed by atoms with van der Waals surface area (Å²) in [5, 5.41) is 13.4. The molecule has 156 valence electrons. The molecule has 0 unspecified atom stereocenters. The summed E-state index contributed by atoms with van der Waals surface area (Å²) in [7, 11) is 0. The van der Waals surface area contributed by atoms with Crippen molar-refractivity contribution in [1.29, 1.82) is 0 Å². The minimum atomic E-state index is -0.247. The fourth-order valence-electron chi connectivity index (χ4n) is 2.78. The summed E-state index contributed by atoms with van der Waals surface area (Å²) < 4.78 is 1.86. The molecule has 0 saturated carbocycles. The quantitative estimate of drug-likeness (QED) is 0.335. The zero-order valence-corrected chi connectivity index (χ0v) is 18.9. The maximum absolute atomic E-state index is 12.5. The minimum Gasteiger partial charge on any atom is -0.324 e. The first-order valence-electron chi connectivity index (χ1n) is 9.01. The zero-order chi connectivity index (χ0) is 21.8. The van der Waals surface area contributed by atoms with Crippen LogP contribution in [0.4, 0.5) is 5.69 Å². The van der Waals surface area contributed by atoms with Crippen molar-refractivity contribution in [1.82, 2.24) is 19.7 Å². The van der Waals surface area contributed by atoms with Gasteiger partial charge in [-0.25, -0.2) is 0 Å². The summed E-state index contributed by atoms with van der Waals surface area (Å²) in [4.78, 5) is 16.7. The third kappa shape index (κ3) is 5.19. The van der Waals surface area contributed by atoms with E-state index < -0.39 is 0 Å². The van der Waals surface area contributed by atoms with Crippen LogP contribution in [0.15, 0.2) is 72.1 Å². The average Bonchev–Trinajstić information content (AvgIpc) is 3.20. The second kappa shape index (κ2) is 9.70. The van der Waals surface area contributed by atoms with Crippen molar-refractivity contribution in [2.45, 2.75) is 5.16 Å². The Morgan fingerprint density at radius 1 is 1.00 bits per heavy atom. The van der Waals surface area contributed by atoms with Crippen LogP contribution in [0.5, 0.6) is 0 Å². The van der Waals surface area contributed by atoms with E-state index in [4.69, 9.17) is 34.8 Å². The largest absolute Gasteiger partial charge is 0.324 e. The Labute approximate surface area is 197 Å². The first kappa shape index (κ1) is 21.6. The van der Waals surface area contributed by atoms with Gasteiger partial charge in [0.25, 0.3) is 0 Å². The van der Waals surface area contributed by atoms with E-state index in [1.165, 1.54) is 11.8 Å². The van der Waals surface area contributed by atoms with Gasteiger partial charge < -0.3 is 5.32 Å². The standard InChI is InChI=1S/C21H14Cl3N5OS/c22-14-3-6-16(7-4-14)29-20(13-2-1-9-25-11-13)27-28-21(29)31-12-19(30)26-18-10-15(23)5-8-17(18)24/h1-11H,12H2,(H,26,30). The molecule has 2 aromatic carbocycles. The van der Waals surface area contributed by atoms with Crippen LogP contribution in [0, 0.1) is 0 Å². The topological polar surface area (TPSA) is 72.7 Å². The number of nitrogens with zero attached hydrogens (tertiary/aromatic N) is 4. The van der Waals surface area contributed by atoms with Gasteiger partial charge in [-0.05, 0) is 54.6 Å². The first-order chi connectivity index (χ1) is 15.0. The predicted molar refractivity (Wildman–Crippen MR) is 125 cm³/mol. The predicted octanol–water partition coefficient (Wildman–Crippen LogP) is 6.02. The van der Waals surface area contributed by atoms with Crippen molar-refractivity contribution in [2.24, 2.45) is 0 Å². The molecule has 0 saturated heterocycles. The molecule has 0 aliphatic rings. The second-order valence-corrected chi connectivity index (χ2v) is 8.54. The van der Waals surface area contributed by atoms with Crippen LogP contribution in [-0.2, 0) is 4.79 Å². The molecule has 6 nitrogen and oxygen atoms in total. The maximum atomic E-state index is 12.5. The summed E-state index contributed by atoms with van der Waals surface area (Å²) in [6, 6.07) is 15.9. The monoisotopic (exact) mass is 489 g/mol. The molecule has 0 bridgehead atoms. The Balaban J connectivity index is 1.59. The van der Waals surface area contributed by atoms with Crippen LogP contribution in [-0.4, -0.2) is 31.4 Å². The second-order valence-electron chi connectivity index (χ2n) is 6.32. The van der Waals surface area contributed by atoms with Gasteiger partial charge in [-0.2, -0.15) is 0 Å². The number of carbonyl (C=O) groups excluding carboxylic acids is 1. The fraction of sp³-hybridized carbons (Fsp3) is 0.0476. The number of nitrogens with one attached hydrogen (secondary N) is 1. The van der Waals surface area contributed by atoms with E-state index in [-0.39, 0.29) is 11.7 Å². The molecule has 1 amide bonds. The van der Waals surface area contributed by atoms with E-state index in [1.807, 2.05) is 28.8 Å². The van der Waals surface area contributed by atoms with Crippen molar-refractivity contribution in [3.63, 3.8) is 0 Å². The van der Waals surface area contributed by atoms with Crippen molar-refractivity contribution >= 4 is 58.2 Å². The van der Waals surface area contributed by atoms with Gasteiger partial charge in [0.15, 0.2) is 11.0 Å². The maximum Gasteiger partial charge on any atom is 0.234 e. The molecular formula is C21H14Cl3N5OS. The molecular weight excluding hydrogens is 477 g/mol. The molecule has 0 atom stereocenters. The lowest BCUT2D eigenvalue weighted by Gasteiger charge is -2.11. The summed E-state index contributed by atoms with van der Waals surface area (Å²) in [6.07, 6.45) is 3.40. The molecule has 4 aromatic rings. The molecule has 0 aliphatic heterocycles. The number of thioether (sulfide) groups is 1. The van der Waals surface area contributed by atoms with Crippen LogP contribution in [0.3, 0.4) is 0 Å². The van der Waals surface area contributed by atoms with Crippen LogP contribution in [0.2, 0.25) is 15.1 Å². The highest BCUT2D eigenvalue weighted by Gasteiger charge is 2.18. The van der Waals surface area contributed by atoms with Crippen LogP contribution >= 0.6 is 46.6 Å². The van der Waals surface area contributed by atoms with Gasteiger partial charge in [0.2, 0.25) is 5.91 Å². The van der Waals surface area contributed by atoms with Crippen LogP contribution in [0.1, 0.15) is 0 Å². The SMILES string of the molecule is O=C(CSc1nnc(-c2cccnc2)n1-c1ccc(Cl)cc1)Nc1cc(Cl)ccc1Cl. The van der Waals surface area contributed by atoms with Crippen LogP contribution in [0.25, 0.3) is 17.1 Å². The van der Waals surface area contributed by atoms with E-state index in [9.17, 15) is 4.79 Å². The van der Waals surface area contributed by atoms with Crippen molar-refractivity contribution in [2.75, 3.05) is 11.1 Å². The third-order valence-corrected chi connectivity index (χ3v) is 5.92. The lowest BCUT2D eigenvalue weighted by Crippen LogP contribution is -2.15. The Morgan fingerprint density at radius 3 is 2.52 bits per heavy atom. The van der Waals surface area contributed by atoms with Crippen molar-refractivity contribution in [3.05, 3.63) is 82.1 Å². The van der Waals surface area contributed by atoms with Gasteiger partial charge in [0, 0.05) is 33.7 Å². The number of amides is 1. The number of carbonyl (C=O) groups is 1. The van der Waals surface area contributed by atoms with Gasteiger partial charge >= 0.3 is 0 Å². The number of aromatic nitrogens is 4. The van der Waals surface area contributed by atoms with Crippen molar-refractivity contribution in [3.8, 4) is 17.1 Å². The smallest absolute Gasteiger partial charge is 0.234 e. The molecule has 2 aromatic heterocycles. The Kier molecular flexibility index (Phi) is 6.77. The molecule has 1 N–H and O–H groups in total. The lowest BCUT2D eigenvalue weighted by atomic mass is 10.2. The molecule has 0 radical (unpaired) electrons. The highest BCUT2D eigenvalue weighted by Crippen LogP contribution is 2.29. The normalized spacial score (nSPS) is 10.8. The van der Waals surface area contributed by atoms with E-state index in [0.717, 1.165) is 11.3 Å². The lowest BCUT2D eigenvalue weighted by molar-refractivity contribution is -0.113. The summed E-state index contributed by atoms with van der Waals surface area (Å²) in [5.41, 5.74) is 2.07. The molecule has 10 heteroatoms. The molecule has 0 aliphatic carbocycles. The number of halogens is 3. The highest BCUT2D eigenvalue weighted by atomic mass is 35.5. The molecule has 0 fully saturated rings. The molecule has 31 heavy (non-hydrogen) atoms. The van der Waals surface area contributed by atoms with E-state index in [0.29, 0.717) is 31.7 Å². The number of rotatable bonds is 6. The Bertz CT molecular complexity index is 1220. The highest BCUT2D eigenvalue weighted by molar-refractivity contribution is 7.99. The Morgan fingerprint density at radius 2 is 1.77 bits per heavy atom. The van der Waals surface area contributed by atoms with Gasteiger partial charge in [-0.3, -0.25) is 14.3 Å². The number of hydrogen-bond donors (Lipinski definition) is 1. The molecule has 2 heterocycles. The number of pyridine rings is 1. The fourth-order valence-corrected chi connectivity index (χ4v) is 3.99. The molecule has 0 spiro atoms. The first-order valence-corrected chi connectivity index (χ1v) is 11.1. The summed E-state index contributed by atoms with van der Waals surface area (Å²) in [6.45, 7) is 0. The number of hydrogen-bond acceptors (Lipinski definition) is 5. The van der Waals surface area contributed by atoms with Crippen molar-refractivity contribution < 1.29 is 4.79 Å². The minimum absolute atomic E-state index is 0.0988. The van der Waals surface area contributed by atoms with E-state index in [1.54, 1.807) is 42.7 Å².